The van der Waals surface area contributed by atoms with Gasteiger partial charge >= 0.3 is 0 Å². The van der Waals surface area contributed by atoms with E-state index in [9.17, 15) is 4.79 Å². The van der Waals surface area contributed by atoms with E-state index in [0.29, 0.717) is 0 Å². The van der Waals surface area contributed by atoms with E-state index in [1.807, 2.05) is 13.8 Å². The van der Waals surface area contributed by atoms with Crippen LogP contribution >= 0.6 is 27.7 Å². The van der Waals surface area contributed by atoms with Crippen molar-refractivity contribution in [3.63, 3.8) is 0 Å². The molecule has 2 unspecified atom stereocenters. The van der Waals surface area contributed by atoms with Gasteiger partial charge in [-0.05, 0) is 32.3 Å². The highest BCUT2D eigenvalue weighted by atomic mass is 79.9. The van der Waals surface area contributed by atoms with Crippen LogP contribution < -0.4 is 5.32 Å². The molecule has 0 fully saturated rings. The minimum Gasteiger partial charge on any atom is -0.353 e. The summed E-state index contributed by atoms with van der Waals surface area (Å²) < 4.78 is 0. The van der Waals surface area contributed by atoms with Gasteiger partial charge in [-0.15, -0.1) is 0 Å². The van der Waals surface area contributed by atoms with Crippen LogP contribution in [-0.2, 0) is 4.79 Å². The molecule has 1 N–H and O–H groups in total. The van der Waals surface area contributed by atoms with E-state index in [-0.39, 0.29) is 16.8 Å². The SMILES string of the molecule is CSCCC(C)NC(=O)C(C)Br. The summed E-state index contributed by atoms with van der Waals surface area (Å²) in [6.07, 6.45) is 3.11. The molecule has 1 amide bonds. The standard InChI is InChI=1S/C8H16BrNOS/c1-6(4-5-12-3)10-8(11)7(2)9/h6-7H,4-5H2,1-3H3,(H,10,11). The van der Waals surface area contributed by atoms with Crippen LogP contribution in [0.25, 0.3) is 0 Å². The molecule has 12 heavy (non-hydrogen) atoms. The summed E-state index contributed by atoms with van der Waals surface area (Å²) in [5, 5.41) is 2.91. The maximum Gasteiger partial charge on any atom is 0.233 e. The number of rotatable bonds is 5. The van der Waals surface area contributed by atoms with Crippen molar-refractivity contribution in [2.45, 2.75) is 31.1 Å². The summed E-state index contributed by atoms with van der Waals surface area (Å²) in [4.78, 5) is 11.1. The Morgan fingerprint density at radius 2 is 2.17 bits per heavy atom. The highest BCUT2D eigenvalue weighted by Crippen LogP contribution is 2.02. The monoisotopic (exact) mass is 253 g/mol. The number of thioether (sulfide) groups is 1. The van der Waals surface area contributed by atoms with Crippen molar-refractivity contribution in [1.29, 1.82) is 0 Å². The van der Waals surface area contributed by atoms with Crippen LogP contribution in [0, 0.1) is 0 Å². The predicted molar refractivity (Wildman–Crippen MR) is 59.0 cm³/mol. The van der Waals surface area contributed by atoms with Crippen LogP contribution in [0.2, 0.25) is 0 Å². The van der Waals surface area contributed by atoms with Crippen molar-refractivity contribution < 1.29 is 4.79 Å². The van der Waals surface area contributed by atoms with Gasteiger partial charge < -0.3 is 5.32 Å². The molecule has 0 aromatic rings. The third-order valence-corrected chi connectivity index (χ3v) is 2.56. The fourth-order valence-electron chi connectivity index (χ4n) is 0.724. The van der Waals surface area contributed by atoms with Crippen molar-refractivity contribution in [2.24, 2.45) is 0 Å². The lowest BCUT2D eigenvalue weighted by molar-refractivity contribution is -0.120. The average molecular weight is 254 g/mol. The Morgan fingerprint density at radius 3 is 2.58 bits per heavy atom. The van der Waals surface area contributed by atoms with E-state index < -0.39 is 0 Å². The quantitative estimate of drug-likeness (QED) is 0.760. The lowest BCUT2D eigenvalue weighted by atomic mass is 10.2. The first-order valence-electron chi connectivity index (χ1n) is 4.01. The zero-order valence-electron chi connectivity index (χ0n) is 7.76. The first-order valence-corrected chi connectivity index (χ1v) is 6.32. The zero-order chi connectivity index (χ0) is 9.56. The van der Waals surface area contributed by atoms with Crippen molar-refractivity contribution in [3.05, 3.63) is 0 Å². The van der Waals surface area contributed by atoms with Crippen molar-refractivity contribution >= 4 is 33.6 Å². The smallest absolute Gasteiger partial charge is 0.233 e. The van der Waals surface area contributed by atoms with E-state index in [1.165, 1.54) is 0 Å². The maximum absolute atomic E-state index is 11.2. The molecule has 0 aliphatic heterocycles. The molecule has 0 rings (SSSR count). The zero-order valence-corrected chi connectivity index (χ0v) is 10.2. The summed E-state index contributed by atoms with van der Waals surface area (Å²) in [6, 6.07) is 0.282. The Labute approximate surface area is 87.0 Å². The van der Waals surface area contributed by atoms with Gasteiger partial charge in [0.05, 0.1) is 4.83 Å². The Morgan fingerprint density at radius 1 is 1.58 bits per heavy atom. The van der Waals surface area contributed by atoms with Gasteiger partial charge in [0.15, 0.2) is 0 Å². The third kappa shape index (κ3) is 5.89. The van der Waals surface area contributed by atoms with Crippen LogP contribution in [-0.4, -0.2) is 28.8 Å². The van der Waals surface area contributed by atoms with E-state index in [2.05, 4.69) is 27.5 Å². The highest BCUT2D eigenvalue weighted by molar-refractivity contribution is 9.10. The molecule has 2 nitrogen and oxygen atoms in total. The number of carbonyl (C=O) groups excluding carboxylic acids is 1. The summed E-state index contributed by atoms with van der Waals surface area (Å²) in [5.41, 5.74) is 0. The molecule has 0 spiro atoms. The van der Waals surface area contributed by atoms with Crippen LogP contribution in [0.1, 0.15) is 20.3 Å². The lowest BCUT2D eigenvalue weighted by Crippen LogP contribution is -2.36. The van der Waals surface area contributed by atoms with Gasteiger partial charge in [0.1, 0.15) is 0 Å². The minimum absolute atomic E-state index is 0.0728. The fraction of sp³-hybridized carbons (Fsp3) is 0.875. The summed E-state index contributed by atoms with van der Waals surface area (Å²) in [7, 11) is 0. The Kier molecular flexibility index (Phi) is 6.95. The van der Waals surface area contributed by atoms with Gasteiger partial charge in [0.2, 0.25) is 5.91 Å². The number of halogens is 1. The number of amides is 1. The molecule has 72 valence electrons. The average Bonchev–Trinajstić information content (AvgIpc) is 2.00. The molecule has 0 aromatic heterocycles. The molecule has 0 aliphatic rings. The molecule has 0 radical (unpaired) electrons. The van der Waals surface area contributed by atoms with Gasteiger partial charge in [0, 0.05) is 6.04 Å². The number of hydrogen-bond acceptors (Lipinski definition) is 2. The van der Waals surface area contributed by atoms with Gasteiger partial charge in [-0.2, -0.15) is 11.8 Å². The molecule has 0 saturated carbocycles. The molecule has 4 heteroatoms. The van der Waals surface area contributed by atoms with Crippen LogP contribution in [0.5, 0.6) is 0 Å². The Hall–Kier alpha value is 0.300. The lowest BCUT2D eigenvalue weighted by Gasteiger charge is -2.13. The first-order chi connectivity index (χ1) is 5.57. The highest BCUT2D eigenvalue weighted by Gasteiger charge is 2.10. The molecule has 0 aliphatic carbocycles. The molecule has 0 heterocycles. The van der Waals surface area contributed by atoms with Crippen molar-refractivity contribution in [3.8, 4) is 0 Å². The summed E-state index contributed by atoms with van der Waals surface area (Å²) in [5.74, 6) is 1.17. The third-order valence-electron chi connectivity index (χ3n) is 1.50. The van der Waals surface area contributed by atoms with Gasteiger partial charge in [-0.1, -0.05) is 15.9 Å². The topological polar surface area (TPSA) is 29.1 Å². The summed E-state index contributed by atoms with van der Waals surface area (Å²) >= 11 is 5.02. The molecule has 0 aromatic carbocycles. The van der Waals surface area contributed by atoms with Gasteiger partial charge in [-0.3, -0.25) is 4.79 Å². The number of nitrogens with one attached hydrogen (secondary N) is 1. The fourth-order valence-corrected chi connectivity index (χ4v) is 1.45. The van der Waals surface area contributed by atoms with Crippen LogP contribution in [0.4, 0.5) is 0 Å². The summed E-state index contributed by atoms with van der Waals surface area (Å²) in [6.45, 7) is 3.86. The minimum atomic E-state index is -0.0887. The second-order valence-corrected chi connectivity index (χ2v) is 5.17. The number of carbonyl (C=O) groups is 1. The largest absolute Gasteiger partial charge is 0.353 e. The van der Waals surface area contributed by atoms with E-state index >= 15 is 0 Å². The van der Waals surface area contributed by atoms with E-state index in [1.54, 1.807) is 11.8 Å². The van der Waals surface area contributed by atoms with Crippen LogP contribution in [0.15, 0.2) is 0 Å². The van der Waals surface area contributed by atoms with Crippen LogP contribution in [0.3, 0.4) is 0 Å². The Balaban J connectivity index is 3.54. The normalized spacial score (nSPS) is 15.3. The van der Waals surface area contributed by atoms with Crippen molar-refractivity contribution in [1.82, 2.24) is 5.32 Å². The number of hydrogen-bond donors (Lipinski definition) is 1. The van der Waals surface area contributed by atoms with Crippen molar-refractivity contribution in [2.75, 3.05) is 12.0 Å². The second-order valence-electron chi connectivity index (χ2n) is 2.81. The van der Waals surface area contributed by atoms with E-state index in [4.69, 9.17) is 0 Å². The molecule has 2 atom stereocenters. The van der Waals surface area contributed by atoms with Gasteiger partial charge in [-0.25, -0.2) is 0 Å². The predicted octanol–water partition coefficient (Wildman–Crippen LogP) is 2.03. The molecule has 0 saturated heterocycles. The number of alkyl halides is 1. The second kappa shape index (κ2) is 6.78. The van der Waals surface area contributed by atoms with E-state index in [0.717, 1.165) is 12.2 Å². The first kappa shape index (κ1) is 12.3. The molecule has 0 bridgehead atoms. The molecular weight excluding hydrogens is 238 g/mol. The Bertz CT molecular complexity index is 141. The maximum atomic E-state index is 11.2. The van der Waals surface area contributed by atoms with Gasteiger partial charge in [0.25, 0.3) is 0 Å². The molecular formula is C8H16BrNOS.